The molecule has 0 aliphatic carbocycles. The summed E-state index contributed by atoms with van der Waals surface area (Å²) in [6.45, 7) is 3.31. The first-order chi connectivity index (χ1) is 9.04. The van der Waals surface area contributed by atoms with Crippen molar-refractivity contribution in [2.24, 2.45) is 0 Å². The number of hydrogen-bond acceptors (Lipinski definition) is 4. The standard InChI is InChI=1S/C15H26N2O2/c1-12(16-10-9-15(18)11-19-4)13-5-7-14(8-6-13)17(2)3/h5-8,12,15-16,18H,9-11H2,1-4H3. The molecule has 4 nitrogen and oxygen atoms in total. The first kappa shape index (κ1) is 16.0. The molecule has 0 fully saturated rings. The van der Waals surface area contributed by atoms with Crippen LogP contribution in [0, 0.1) is 0 Å². The van der Waals surface area contributed by atoms with Crippen LogP contribution in [0.5, 0.6) is 0 Å². The molecule has 4 heteroatoms. The zero-order valence-electron chi connectivity index (χ0n) is 12.4. The summed E-state index contributed by atoms with van der Waals surface area (Å²) in [7, 11) is 5.67. The minimum atomic E-state index is -0.388. The number of aliphatic hydroxyl groups excluding tert-OH is 1. The Bertz CT molecular complexity index is 352. The molecule has 0 spiro atoms. The number of benzene rings is 1. The Morgan fingerprint density at radius 3 is 2.42 bits per heavy atom. The molecule has 108 valence electrons. The molecule has 0 radical (unpaired) electrons. The molecule has 0 saturated carbocycles. The number of nitrogens with one attached hydrogen (secondary N) is 1. The molecule has 0 amide bonds. The summed E-state index contributed by atoms with van der Waals surface area (Å²) in [5, 5.41) is 13.0. The fourth-order valence-corrected chi connectivity index (χ4v) is 1.92. The van der Waals surface area contributed by atoms with Crippen LogP contribution in [0.4, 0.5) is 5.69 Å². The van der Waals surface area contributed by atoms with Gasteiger partial charge < -0.3 is 20.1 Å². The van der Waals surface area contributed by atoms with Gasteiger partial charge in [-0.3, -0.25) is 0 Å². The number of nitrogens with zero attached hydrogens (tertiary/aromatic N) is 1. The van der Waals surface area contributed by atoms with E-state index in [1.54, 1.807) is 7.11 Å². The van der Waals surface area contributed by atoms with Crippen LogP contribution in [0.3, 0.4) is 0 Å². The van der Waals surface area contributed by atoms with E-state index < -0.39 is 0 Å². The van der Waals surface area contributed by atoms with E-state index in [1.807, 2.05) is 14.1 Å². The van der Waals surface area contributed by atoms with Crippen LogP contribution < -0.4 is 10.2 Å². The van der Waals surface area contributed by atoms with Crippen molar-refractivity contribution in [1.29, 1.82) is 0 Å². The van der Waals surface area contributed by atoms with Crippen LogP contribution in [-0.4, -0.2) is 45.6 Å². The molecule has 2 N–H and O–H groups in total. The van der Waals surface area contributed by atoms with Gasteiger partial charge in [-0.05, 0) is 37.6 Å². The predicted molar refractivity (Wildman–Crippen MR) is 79.7 cm³/mol. The van der Waals surface area contributed by atoms with Gasteiger partial charge in [-0.2, -0.15) is 0 Å². The molecule has 0 heterocycles. The van der Waals surface area contributed by atoms with E-state index in [9.17, 15) is 5.11 Å². The van der Waals surface area contributed by atoms with E-state index in [2.05, 4.69) is 41.4 Å². The van der Waals surface area contributed by atoms with Crippen LogP contribution in [-0.2, 0) is 4.74 Å². The van der Waals surface area contributed by atoms with Gasteiger partial charge in [0.05, 0.1) is 12.7 Å². The molecule has 0 saturated heterocycles. The highest BCUT2D eigenvalue weighted by molar-refractivity contribution is 5.46. The van der Waals surface area contributed by atoms with Gasteiger partial charge >= 0.3 is 0 Å². The van der Waals surface area contributed by atoms with Crippen molar-refractivity contribution in [1.82, 2.24) is 5.32 Å². The van der Waals surface area contributed by atoms with E-state index in [-0.39, 0.29) is 12.1 Å². The van der Waals surface area contributed by atoms with Crippen molar-refractivity contribution in [2.75, 3.05) is 39.3 Å². The normalized spacial score (nSPS) is 14.2. The maximum atomic E-state index is 9.56. The Balaban J connectivity index is 2.38. The molecule has 2 atom stereocenters. The average molecular weight is 266 g/mol. The largest absolute Gasteiger partial charge is 0.391 e. The van der Waals surface area contributed by atoms with Gasteiger partial charge in [0.1, 0.15) is 0 Å². The van der Waals surface area contributed by atoms with Gasteiger partial charge in [-0.15, -0.1) is 0 Å². The number of hydrogen-bond donors (Lipinski definition) is 2. The molecule has 1 rings (SSSR count). The maximum Gasteiger partial charge on any atom is 0.0785 e. The summed E-state index contributed by atoms with van der Waals surface area (Å²) >= 11 is 0. The summed E-state index contributed by atoms with van der Waals surface area (Å²) < 4.78 is 4.90. The molecule has 2 unspecified atom stereocenters. The Kier molecular flexibility index (Phi) is 6.84. The fraction of sp³-hybridized carbons (Fsp3) is 0.600. The highest BCUT2D eigenvalue weighted by Gasteiger charge is 2.07. The second kappa shape index (κ2) is 8.15. The van der Waals surface area contributed by atoms with Gasteiger partial charge in [0, 0.05) is 32.9 Å². The lowest BCUT2D eigenvalue weighted by Crippen LogP contribution is -2.25. The Labute approximate surface area is 116 Å². The van der Waals surface area contributed by atoms with Crippen molar-refractivity contribution in [3.05, 3.63) is 29.8 Å². The van der Waals surface area contributed by atoms with Gasteiger partial charge in [0.15, 0.2) is 0 Å². The summed E-state index contributed by atoms with van der Waals surface area (Å²) in [5.41, 5.74) is 2.46. The molecule has 0 aliphatic rings. The second-order valence-corrected chi connectivity index (χ2v) is 5.06. The quantitative estimate of drug-likeness (QED) is 0.753. The lowest BCUT2D eigenvalue weighted by atomic mass is 10.1. The molecule has 19 heavy (non-hydrogen) atoms. The Morgan fingerprint density at radius 2 is 1.89 bits per heavy atom. The minimum Gasteiger partial charge on any atom is -0.391 e. The van der Waals surface area contributed by atoms with Crippen molar-refractivity contribution >= 4 is 5.69 Å². The lowest BCUT2D eigenvalue weighted by molar-refractivity contribution is 0.0590. The van der Waals surface area contributed by atoms with Crippen molar-refractivity contribution < 1.29 is 9.84 Å². The number of rotatable bonds is 8. The zero-order valence-corrected chi connectivity index (χ0v) is 12.4. The van der Waals surface area contributed by atoms with Crippen LogP contribution in [0.2, 0.25) is 0 Å². The highest BCUT2D eigenvalue weighted by Crippen LogP contribution is 2.17. The van der Waals surface area contributed by atoms with Crippen LogP contribution >= 0.6 is 0 Å². The summed E-state index contributed by atoms with van der Waals surface area (Å²) in [5.74, 6) is 0. The smallest absolute Gasteiger partial charge is 0.0785 e. The third-order valence-corrected chi connectivity index (χ3v) is 3.20. The van der Waals surface area contributed by atoms with Crippen molar-refractivity contribution in [3.8, 4) is 0 Å². The summed E-state index contributed by atoms with van der Waals surface area (Å²) in [6.07, 6.45) is 0.314. The molecule has 1 aromatic rings. The Hall–Kier alpha value is -1.10. The van der Waals surface area contributed by atoms with E-state index in [0.717, 1.165) is 6.54 Å². The van der Waals surface area contributed by atoms with Gasteiger partial charge in [-0.25, -0.2) is 0 Å². The number of methoxy groups -OCH3 is 1. The molecular weight excluding hydrogens is 240 g/mol. The predicted octanol–water partition coefficient (Wildman–Crippen LogP) is 1.80. The summed E-state index contributed by atoms with van der Waals surface area (Å²) in [6, 6.07) is 8.79. The number of aliphatic hydroxyl groups is 1. The Morgan fingerprint density at radius 1 is 1.26 bits per heavy atom. The van der Waals surface area contributed by atoms with Gasteiger partial charge in [0.25, 0.3) is 0 Å². The number of ether oxygens (including phenoxy) is 1. The molecule has 0 aromatic heterocycles. The molecule has 0 bridgehead atoms. The van der Waals surface area contributed by atoms with Gasteiger partial charge in [-0.1, -0.05) is 12.1 Å². The van der Waals surface area contributed by atoms with Crippen LogP contribution in [0.1, 0.15) is 24.9 Å². The average Bonchev–Trinajstić information content (AvgIpc) is 2.39. The SMILES string of the molecule is COCC(O)CCNC(C)c1ccc(N(C)C)cc1. The topological polar surface area (TPSA) is 44.7 Å². The zero-order chi connectivity index (χ0) is 14.3. The molecular formula is C15H26N2O2. The molecule has 0 aliphatic heterocycles. The first-order valence-electron chi connectivity index (χ1n) is 6.72. The van der Waals surface area contributed by atoms with Gasteiger partial charge in [0.2, 0.25) is 0 Å². The fourth-order valence-electron chi connectivity index (χ4n) is 1.92. The maximum absolute atomic E-state index is 9.56. The van der Waals surface area contributed by atoms with E-state index in [0.29, 0.717) is 13.0 Å². The molecule has 1 aromatic carbocycles. The van der Waals surface area contributed by atoms with E-state index in [4.69, 9.17) is 4.74 Å². The first-order valence-corrected chi connectivity index (χ1v) is 6.72. The van der Waals surface area contributed by atoms with Crippen molar-refractivity contribution in [3.63, 3.8) is 0 Å². The third kappa shape index (κ3) is 5.59. The monoisotopic (exact) mass is 266 g/mol. The third-order valence-electron chi connectivity index (χ3n) is 3.20. The highest BCUT2D eigenvalue weighted by atomic mass is 16.5. The van der Waals surface area contributed by atoms with E-state index in [1.165, 1.54) is 11.3 Å². The summed E-state index contributed by atoms with van der Waals surface area (Å²) in [4.78, 5) is 2.09. The van der Waals surface area contributed by atoms with E-state index >= 15 is 0 Å². The van der Waals surface area contributed by atoms with Crippen LogP contribution in [0.25, 0.3) is 0 Å². The minimum absolute atomic E-state index is 0.283. The second-order valence-electron chi connectivity index (χ2n) is 5.06. The van der Waals surface area contributed by atoms with Crippen molar-refractivity contribution in [2.45, 2.75) is 25.5 Å². The number of anilines is 1. The lowest BCUT2D eigenvalue weighted by Gasteiger charge is -2.18. The van der Waals surface area contributed by atoms with Crippen LogP contribution in [0.15, 0.2) is 24.3 Å².